The molecule has 0 unspecified atom stereocenters. The Bertz CT molecular complexity index is 918. The molecule has 144 valence electrons. The Hall–Kier alpha value is -2.89. The highest BCUT2D eigenvalue weighted by molar-refractivity contribution is 6.33. The maximum atomic E-state index is 13.7. The lowest BCUT2D eigenvalue weighted by molar-refractivity contribution is -0.384. The van der Waals surface area contributed by atoms with Crippen molar-refractivity contribution in [1.82, 2.24) is 0 Å². The first-order chi connectivity index (χ1) is 12.4. The molecule has 0 saturated heterocycles. The minimum Gasteiger partial charge on any atom is -0.272 e. The summed E-state index contributed by atoms with van der Waals surface area (Å²) in [5.41, 5.74) is -3.38. The van der Waals surface area contributed by atoms with Crippen LogP contribution in [-0.4, -0.2) is 11.1 Å². The summed E-state index contributed by atoms with van der Waals surface area (Å²) in [6.07, 6.45) is -4.96. The highest BCUT2D eigenvalue weighted by Crippen LogP contribution is 2.38. The third kappa shape index (κ3) is 4.10. The highest BCUT2D eigenvalue weighted by atomic mass is 35.5. The van der Waals surface area contributed by atoms with Gasteiger partial charge in [0.1, 0.15) is 11.3 Å². The van der Waals surface area contributed by atoms with Crippen molar-refractivity contribution in [1.29, 1.82) is 0 Å². The molecule has 0 spiro atoms. The van der Waals surface area contributed by atoms with Crippen LogP contribution in [0.5, 0.6) is 0 Å². The van der Waals surface area contributed by atoms with Gasteiger partial charge in [-0.25, -0.2) is 17.6 Å². The summed E-state index contributed by atoms with van der Waals surface area (Å²) in [6, 6.07) is 3.08. The van der Waals surface area contributed by atoms with Gasteiger partial charge in [0.05, 0.1) is 11.1 Å². The van der Waals surface area contributed by atoms with Crippen molar-refractivity contribution in [2.24, 2.45) is 5.10 Å². The van der Waals surface area contributed by atoms with Gasteiger partial charge in [-0.05, 0) is 6.07 Å². The Labute approximate surface area is 150 Å². The second-order valence-corrected chi connectivity index (χ2v) is 5.24. The Morgan fingerprint density at radius 1 is 1.07 bits per heavy atom. The molecule has 0 amide bonds. The summed E-state index contributed by atoms with van der Waals surface area (Å²) in [5.74, 6) is -10.0. The van der Waals surface area contributed by atoms with Gasteiger partial charge in [-0.1, -0.05) is 11.6 Å². The summed E-state index contributed by atoms with van der Waals surface area (Å²) in [6.45, 7) is 0. The highest BCUT2D eigenvalue weighted by Gasteiger charge is 2.42. The number of anilines is 1. The summed E-state index contributed by atoms with van der Waals surface area (Å²) in [4.78, 5) is 9.89. The first kappa shape index (κ1) is 20.4. The molecule has 13 heteroatoms. The number of nitro groups is 1. The predicted molar refractivity (Wildman–Crippen MR) is 80.6 cm³/mol. The van der Waals surface area contributed by atoms with Crippen LogP contribution >= 0.6 is 11.6 Å². The Morgan fingerprint density at radius 3 is 2.11 bits per heavy atom. The van der Waals surface area contributed by atoms with E-state index in [1.165, 1.54) is 5.43 Å². The largest absolute Gasteiger partial charge is 0.422 e. The lowest BCUT2D eigenvalue weighted by Crippen LogP contribution is -2.16. The minimum absolute atomic E-state index is 0.0723. The van der Waals surface area contributed by atoms with Gasteiger partial charge in [-0.3, -0.25) is 15.5 Å². The fourth-order valence-corrected chi connectivity index (χ4v) is 2.06. The minimum atomic E-state index is -5.67. The van der Waals surface area contributed by atoms with E-state index in [0.717, 1.165) is 18.2 Å². The van der Waals surface area contributed by atoms with Crippen LogP contribution in [0.3, 0.4) is 0 Å². The molecule has 5 nitrogen and oxygen atoms in total. The second-order valence-electron chi connectivity index (χ2n) is 4.84. The van der Waals surface area contributed by atoms with Crippen molar-refractivity contribution in [3.63, 3.8) is 0 Å². The van der Waals surface area contributed by atoms with Crippen molar-refractivity contribution in [3.05, 3.63) is 67.7 Å². The van der Waals surface area contributed by atoms with Gasteiger partial charge >= 0.3 is 6.18 Å². The maximum absolute atomic E-state index is 13.7. The van der Waals surface area contributed by atoms with E-state index in [1.54, 1.807) is 0 Å². The van der Waals surface area contributed by atoms with E-state index >= 15 is 0 Å². The van der Waals surface area contributed by atoms with Crippen LogP contribution in [0.4, 0.5) is 42.1 Å². The molecule has 2 aromatic rings. The first-order valence-electron chi connectivity index (χ1n) is 6.61. The molecule has 0 fully saturated rings. The quantitative estimate of drug-likeness (QED) is 0.243. The zero-order valence-corrected chi connectivity index (χ0v) is 13.3. The molecular formula is C14H5ClF7N3O2. The van der Waals surface area contributed by atoms with E-state index in [1.807, 2.05) is 0 Å². The van der Waals surface area contributed by atoms with E-state index in [-0.39, 0.29) is 10.6 Å². The van der Waals surface area contributed by atoms with Gasteiger partial charge in [0.15, 0.2) is 23.3 Å². The lowest BCUT2D eigenvalue weighted by Gasteiger charge is -2.13. The molecule has 2 rings (SSSR count). The summed E-state index contributed by atoms with van der Waals surface area (Å²) >= 11 is 5.73. The molecule has 2 aromatic carbocycles. The van der Waals surface area contributed by atoms with E-state index in [2.05, 4.69) is 5.10 Å². The number of nitrogens with one attached hydrogen (secondary N) is 1. The van der Waals surface area contributed by atoms with E-state index in [0.29, 0.717) is 6.21 Å². The lowest BCUT2D eigenvalue weighted by atomic mass is 10.1. The van der Waals surface area contributed by atoms with Gasteiger partial charge in [-0.2, -0.15) is 18.3 Å². The van der Waals surface area contributed by atoms with Gasteiger partial charge in [-0.15, -0.1) is 0 Å². The average Bonchev–Trinajstić information content (AvgIpc) is 2.56. The van der Waals surface area contributed by atoms with E-state index in [4.69, 9.17) is 11.6 Å². The molecule has 27 heavy (non-hydrogen) atoms. The third-order valence-corrected chi connectivity index (χ3v) is 3.46. The standard InChI is InChI=1S/C14H5ClF7N3O2/c15-7-2-1-6(25(26)27)3-5(7)4-23-24-13-11(18)9(16)8(14(20,21)22)10(17)12(13)19/h1-4,24H/b23-4-. The molecule has 0 atom stereocenters. The maximum Gasteiger partial charge on any atom is 0.422 e. The van der Waals surface area contributed by atoms with Crippen molar-refractivity contribution in [3.8, 4) is 0 Å². The van der Waals surface area contributed by atoms with Crippen molar-refractivity contribution in [2.45, 2.75) is 6.18 Å². The molecule has 1 N–H and O–H groups in total. The van der Waals surface area contributed by atoms with E-state index in [9.17, 15) is 40.8 Å². The molecule has 0 bridgehead atoms. The number of halogens is 8. The van der Waals surface area contributed by atoms with Gasteiger partial charge in [0.2, 0.25) is 0 Å². The van der Waals surface area contributed by atoms with Crippen LogP contribution in [0, 0.1) is 33.4 Å². The van der Waals surface area contributed by atoms with Crippen LogP contribution in [0.1, 0.15) is 11.1 Å². The van der Waals surface area contributed by atoms with Gasteiger partial charge in [0.25, 0.3) is 5.69 Å². The van der Waals surface area contributed by atoms with Gasteiger partial charge in [0, 0.05) is 22.7 Å². The second kappa shape index (κ2) is 7.39. The van der Waals surface area contributed by atoms with Gasteiger partial charge < -0.3 is 0 Å². The zero-order valence-electron chi connectivity index (χ0n) is 12.5. The number of rotatable bonds is 4. The molecule has 0 heterocycles. The molecule has 0 aliphatic carbocycles. The number of non-ortho nitro benzene ring substituents is 1. The number of hydrogen-bond donors (Lipinski definition) is 1. The summed E-state index contributed by atoms with van der Waals surface area (Å²) in [7, 11) is 0. The Kier molecular flexibility index (Phi) is 5.59. The van der Waals surface area contributed by atoms with Crippen LogP contribution in [0.15, 0.2) is 23.3 Å². The molecule has 0 radical (unpaired) electrons. The molecule has 0 aliphatic rings. The third-order valence-electron chi connectivity index (χ3n) is 3.12. The number of alkyl halides is 3. The molecular weight excluding hydrogens is 411 g/mol. The zero-order chi connectivity index (χ0) is 20.5. The fraction of sp³-hybridized carbons (Fsp3) is 0.0714. The molecule has 0 aromatic heterocycles. The number of nitrogens with zero attached hydrogens (tertiary/aromatic N) is 2. The SMILES string of the molecule is O=[N+]([O-])c1ccc(Cl)c(/C=N\Nc2c(F)c(F)c(C(F)(F)F)c(F)c2F)c1. The van der Waals surface area contributed by atoms with Crippen LogP contribution in [0.25, 0.3) is 0 Å². The topological polar surface area (TPSA) is 67.5 Å². The van der Waals surface area contributed by atoms with Crippen molar-refractivity contribution >= 4 is 29.2 Å². The molecule has 0 saturated carbocycles. The summed E-state index contributed by atoms with van der Waals surface area (Å²) in [5, 5.41) is 13.8. The number of nitro benzene ring substituents is 1. The summed E-state index contributed by atoms with van der Waals surface area (Å²) < 4.78 is 91.7. The Morgan fingerprint density at radius 2 is 1.63 bits per heavy atom. The first-order valence-corrected chi connectivity index (χ1v) is 6.99. The normalized spacial score (nSPS) is 11.9. The van der Waals surface area contributed by atoms with Crippen molar-refractivity contribution < 1.29 is 35.7 Å². The Balaban J connectivity index is 2.41. The number of benzene rings is 2. The van der Waals surface area contributed by atoms with E-state index < -0.39 is 51.3 Å². The fourth-order valence-electron chi connectivity index (χ4n) is 1.89. The van der Waals surface area contributed by atoms with Crippen molar-refractivity contribution in [2.75, 3.05) is 5.43 Å². The number of hydrogen-bond acceptors (Lipinski definition) is 4. The van der Waals surface area contributed by atoms with Crippen LogP contribution in [-0.2, 0) is 6.18 Å². The average molecular weight is 416 g/mol. The predicted octanol–water partition coefficient (Wildman–Crippen LogP) is 5.27. The molecule has 0 aliphatic heterocycles. The van der Waals surface area contributed by atoms with Crippen LogP contribution in [0.2, 0.25) is 5.02 Å². The monoisotopic (exact) mass is 415 g/mol. The smallest absolute Gasteiger partial charge is 0.272 e. The number of hydrazone groups is 1. The van der Waals surface area contributed by atoms with Crippen LogP contribution < -0.4 is 5.43 Å².